The van der Waals surface area contributed by atoms with Gasteiger partial charge in [0.2, 0.25) is 0 Å². The Hall–Kier alpha value is -0.520. The predicted octanol–water partition coefficient (Wildman–Crippen LogP) is 4.34. The highest BCUT2D eigenvalue weighted by atomic mass is 14.1. The first-order chi connectivity index (χ1) is 5.61. The summed E-state index contributed by atoms with van der Waals surface area (Å²) in [6.45, 7) is 14.7. The molecule has 1 atom stereocenters. The molecule has 0 aromatic carbocycles. The van der Waals surface area contributed by atoms with Gasteiger partial charge in [-0.15, -0.1) is 0 Å². The highest BCUT2D eigenvalue weighted by Gasteiger charge is 2.03. The van der Waals surface area contributed by atoms with Gasteiger partial charge in [0.1, 0.15) is 0 Å². The van der Waals surface area contributed by atoms with Crippen LogP contribution in [0.4, 0.5) is 0 Å². The van der Waals surface area contributed by atoms with Crippen molar-refractivity contribution in [2.75, 3.05) is 0 Å². The van der Waals surface area contributed by atoms with E-state index in [1.807, 2.05) is 0 Å². The van der Waals surface area contributed by atoms with Crippen LogP contribution in [0.2, 0.25) is 0 Å². The number of rotatable bonds is 6. The Morgan fingerprint density at radius 1 is 1.17 bits per heavy atom. The first-order valence-corrected chi connectivity index (χ1v) is 4.96. The van der Waals surface area contributed by atoms with Crippen molar-refractivity contribution < 1.29 is 0 Å². The van der Waals surface area contributed by atoms with E-state index in [4.69, 9.17) is 0 Å². The third-order valence-electron chi connectivity index (χ3n) is 2.61. The molecule has 1 unspecified atom stereocenters. The van der Waals surface area contributed by atoms with Crippen LogP contribution in [0.3, 0.4) is 0 Å². The first-order valence-electron chi connectivity index (χ1n) is 4.96. The third-order valence-corrected chi connectivity index (χ3v) is 2.61. The molecule has 12 heavy (non-hydrogen) atoms. The van der Waals surface area contributed by atoms with Crippen molar-refractivity contribution in [2.45, 2.75) is 46.5 Å². The van der Waals surface area contributed by atoms with Crippen molar-refractivity contribution in [2.24, 2.45) is 5.92 Å². The van der Waals surface area contributed by atoms with E-state index < -0.39 is 0 Å². The highest BCUT2D eigenvalue weighted by molar-refractivity contribution is 5.04. The molecule has 0 saturated heterocycles. The van der Waals surface area contributed by atoms with Crippen LogP contribution >= 0.6 is 0 Å². The molecule has 0 N–H and O–H groups in total. The molecular weight excluding hydrogens is 144 g/mol. The topological polar surface area (TPSA) is 0 Å². The standard InChI is InChI=1S/C12H22/c1-6-10(3)8-9-12(5)11(4)7-2/h11H,3,5-9H2,1-2,4H3. The molecule has 0 heterocycles. The molecule has 0 aliphatic rings. The normalized spacial score (nSPS) is 12.6. The largest absolute Gasteiger partial charge is 0.0999 e. The van der Waals surface area contributed by atoms with Crippen LogP contribution in [0.15, 0.2) is 24.3 Å². The molecule has 70 valence electrons. The molecule has 0 rings (SSSR count). The minimum Gasteiger partial charge on any atom is -0.0999 e. The van der Waals surface area contributed by atoms with Gasteiger partial charge in [0.05, 0.1) is 0 Å². The maximum atomic E-state index is 4.09. The van der Waals surface area contributed by atoms with Crippen molar-refractivity contribution in [1.82, 2.24) is 0 Å². The van der Waals surface area contributed by atoms with Crippen LogP contribution in [0.1, 0.15) is 46.5 Å². The molecule has 0 fully saturated rings. The Labute approximate surface area is 77.4 Å². The second-order valence-electron chi connectivity index (χ2n) is 3.57. The average Bonchev–Trinajstić information content (AvgIpc) is 2.11. The zero-order chi connectivity index (χ0) is 9.56. The van der Waals surface area contributed by atoms with Gasteiger partial charge in [0.15, 0.2) is 0 Å². The minimum absolute atomic E-state index is 0.676. The van der Waals surface area contributed by atoms with Crippen LogP contribution in [-0.2, 0) is 0 Å². The number of hydrogen-bond acceptors (Lipinski definition) is 0. The molecule has 0 aliphatic carbocycles. The fraction of sp³-hybridized carbons (Fsp3) is 0.667. The Bertz CT molecular complexity index is 153. The Balaban J connectivity index is 3.64. The summed E-state index contributed by atoms with van der Waals surface area (Å²) < 4.78 is 0. The van der Waals surface area contributed by atoms with E-state index in [1.165, 1.54) is 17.6 Å². The Kier molecular flexibility index (Phi) is 5.79. The minimum atomic E-state index is 0.676. The van der Waals surface area contributed by atoms with Crippen molar-refractivity contribution in [3.8, 4) is 0 Å². The van der Waals surface area contributed by atoms with Crippen LogP contribution in [-0.4, -0.2) is 0 Å². The highest BCUT2D eigenvalue weighted by Crippen LogP contribution is 2.20. The molecule has 0 spiro atoms. The van der Waals surface area contributed by atoms with Gasteiger partial charge in [0.25, 0.3) is 0 Å². The van der Waals surface area contributed by atoms with E-state index in [9.17, 15) is 0 Å². The molecule has 0 aromatic heterocycles. The molecule has 0 heteroatoms. The molecule has 0 bridgehead atoms. The first kappa shape index (κ1) is 11.5. The second kappa shape index (κ2) is 6.05. The van der Waals surface area contributed by atoms with Gasteiger partial charge in [-0.3, -0.25) is 0 Å². The van der Waals surface area contributed by atoms with Crippen molar-refractivity contribution in [3.05, 3.63) is 24.3 Å². The van der Waals surface area contributed by atoms with Gasteiger partial charge in [-0.05, 0) is 31.6 Å². The van der Waals surface area contributed by atoms with E-state index in [0.717, 1.165) is 19.3 Å². The summed E-state index contributed by atoms with van der Waals surface area (Å²) in [5, 5.41) is 0. The summed E-state index contributed by atoms with van der Waals surface area (Å²) in [5.41, 5.74) is 2.73. The zero-order valence-electron chi connectivity index (χ0n) is 8.82. The Morgan fingerprint density at radius 2 is 1.75 bits per heavy atom. The average molecular weight is 166 g/mol. The third kappa shape index (κ3) is 4.38. The molecule has 0 amide bonds. The number of hydrogen-bond donors (Lipinski definition) is 0. The zero-order valence-corrected chi connectivity index (χ0v) is 8.82. The van der Waals surface area contributed by atoms with Gasteiger partial charge >= 0.3 is 0 Å². The maximum absolute atomic E-state index is 4.09. The maximum Gasteiger partial charge on any atom is -0.0237 e. The van der Waals surface area contributed by atoms with E-state index in [0.29, 0.717) is 5.92 Å². The monoisotopic (exact) mass is 166 g/mol. The van der Waals surface area contributed by atoms with E-state index in [1.54, 1.807) is 0 Å². The second-order valence-corrected chi connectivity index (χ2v) is 3.57. The van der Waals surface area contributed by atoms with Crippen LogP contribution < -0.4 is 0 Å². The lowest BCUT2D eigenvalue weighted by Crippen LogP contribution is -1.96. The molecule has 0 nitrogen and oxygen atoms in total. The lowest BCUT2D eigenvalue weighted by atomic mass is 9.94. The predicted molar refractivity (Wildman–Crippen MR) is 57.3 cm³/mol. The summed E-state index contributed by atoms with van der Waals surface area (Å²) in [6.07, 6.45) is 4.56. The van der Waals surface area contributed by atoms with Gasteiger partial charge in [-0.25, -0.2) is 0 Å². The van der Waals surface area contributed by atoms with Gasteiger partial charge in [-0.2, -0.15) is 0 Å². The molecule has 0 aromatic rings. The molecule has 0 saturated carbocycles. The van der Waals surface area contributed by atoms with E-state index >= 15 is 0 Å². The summed E-state index contributed by atoms with van der Waals surface area (Å²) >= 11 is 0. The SMILES string of the molecule is C=C(CC)CCC(=C)C(C)CC. The Morgan fingerprint density at radius 3 is 2.17 bits per heavy atom. The molecular formula is C12H22. The summed E-state index contributed by atoms with van der Waals surface area (Å²) in [7, 11) is 0. The summed E-state index contributed by atoms with van der Waals surface area (Å²) in [6, 6.07) is 0. The van der Waals surface area contributed by atoms with Crippen LogP contribution in [0, 0.1) is 5.92 Å². The fourth-order valence-corrected chi connectivity index (χ4v) is 1.05. The van der Waals surface area contributed by atoms with Crippen molar-refractivity contribution in [1.29, 1.82) is 0 Å². The van der Waals surface area contributed by atoms with Gasteiger partial charge < -0.3 is 0 Å². The summed E-state index contributed by atoms with van der Waals surface area (Å²) in [4.78, 5) is 0. The molecule has 0 aliphatic heterocycles. The van der Waals surface area contributed by atoms with Crippen LogP contribution in [0.25, 0.3) is 0 Å². The van der Waals surface area contributed by atoms with Gasteiger partial charge in [0, 0.05) is 0 Å². The van der Waals surface area contributed by atoms with Crippen molar-refractivity contribution in [3.63, 3.8) is 0 Å². The lowest BCUT2D eigenvalue weighted by Gasteiger charge is -2.12. The number of allylic oxidation sites excluding steroid dienone is 2. The molecule has 0 radical (unpaired) electrons. The van der Waals surface area contributed by atoms with E-state index in [-0.39, 0.29) is 0 Å². The van der Waals surface area contributed by atoms with E-state index in [2.05, 4.69) is 33.9 Å². The fourth-order valence-electron chi connectivity index (χ4n) is 1.05. The van der Waals surface area contributed by atoms with Crippen LogP contribution in [0.5, 0.6) is 0 Å². The summed E-state index contributed by atoms with van der Waals surface area (Å²) in [5.74, 6) is 0.676. The lowest BCUT2D eigenvalue weighted by molar-refractivity contribution is 0.622. The smallest absolute Gasteiger partial charge is 0.0237 e. The van der Waals surface area contributed by atoms with Gasteiger partial charge in [-0.1, -0.05) is 45.1 Å². The van der Waals surface area contributed by atoms with Crippen molar-refractivity contribution >= 4 is 0 Å². The quantitative estimate of drug-likeness (QED) is 0.515.